The number of benzene rings is 2. The minimum Gasteiger partial charge on any atom is -0.342 e. The normalized spacial score (nSPS) is 11.1. The summed E-state index contributed by atoms with van der Waals surface area (Å²) in [6, 6.07) is 12.6. The lowest BCUT2D eigenvalue weighted by molar-refractivity contribution is 0.631. The smallest absolute Gasteiger partial charge is 0.131 e. The Kier molecular flexibility index (Phi) is 3.03. The van der Waals surface area contributed by atoms with E-state index in [0.29, 0.717) is 5.56 Å². The van der Waals surface area contributed by atoms with Gasteiger partial charge in [-0.15, -0.1) is 0 Å². The van der Waals surface area contributed by atoms with Crippen molar-refractivity contribution in [1.82, 2.24) is 9.97 Å². The number of rotatable bonds is 3. The number of para-hydroxylation sites is 1. The van der Waals surface area contributed by atoms with E-state index >= 15 is 0 Å². The molecule has 0 atom stereocenters. The molecule has 1 aromatic heterocycles. The topological polar surface area (TPSA) is 28.7 Å². The molecule has 0 unspecified atom stereocenters. The molecule has 0 saturated heterocycles. The molecule has 2 nitrogen and oxygen atoms in total. The van der Waals surface area contributed by atoms with E-state index in [1.165, 1.54) is 6.07 Å². The van der Waals surface area contributed by atoms with Crippen molar-refractivity contribution in [1.29, 1.82) is 0 Å². The second-order valence-electron chi connectivity index (χ2n) is 4.62. The van der Waals surface area contributed by atoms with E-state index in [1.807, 2.05) is 24.3 Å². The average molecular weight is 254 g/mol. The largest absolute Gasteiger partial charge is 0.342 e. The molecule has 0 radical (unpaired) electrons. The van der Waals surface area contributed by atoms with Gasteiger partial charge in [0.2, 0.25) is 0 Å². The number of aromatic amines is 1. The molecule has 0 fully saturated rings. The van der Waals surface area contributed by atoms with Crippen molar-refractivity contribution in [3.8, 4) is 11.1 Å². The maximum atomic E-state index is 13.9. The van der Waals surface area contributed by atoms with Crippen LogP contribution in [0.3, 0.4) is 0 Å². The Morgan fingerprint density at radius 1 is 1.05 bits per heavy atom. The van der Waals surface area contributed by atoms with Crippen molar-refractivity contribution in [3.05, 3.63) is 54.1 Å². The van der Waals surface area contributed by atoms with Crippen molar-refractivity contribution >= 4 is 11.0 Å². The number of halogens is 1. The maximum Gasteiger partial charge on any atom is 0.131 e. The zero-order chi connectivity index (χ0) is 13.2. The number of aryl methyl sites for hydroxylation is 1. The fraction of sp³-hybridized carbons (Fsp3) is 0.188. The van der Waals surface area contributed by atoms with Crippen molar-refractivity contribution in [3.63, 3.8) is 0 Å². The summed E-state index contributed by atoms with van der Waals surface area (Å²) in [6.07, 6.45) is 1.94. The first-order chi connectivity index (χ1) is 9.29. The first kappa shape index (κ1) is 11.9. The molecule has 96 valence electrons. The van der Waals surface area contributed by atoms with Crippen LogP contribution < -0.4 is 0 Å². The van der Waals surface area contributed by atoms with Crippen molar-refractivity contribution < 1.29 is 4.39 Å². The number of hydrogen-bond acceptors (Lipinski definition) is 1. The van der Waals surface area contributed by atoms with Crippen molar-refractivity contribution in [2.45, 2.75) is 19.8 Å². The number of nitrogens with zero attached hydrogens (tertiary/aromatic N) is 1. The molecule has 0 spiro atoms. The van der Waals surface area contributed by atoms with Gasteiger partial charge in [0, 0.05) is 17.5 Å². The molecule has 3 heteroatoms. The van der Waals surface area contributed by atoms with E-state index in [4.69, 9.17) is 0 Å². The van der Waals surface area contributed by atoms with E-state index in [0.717, 1.165) is 35.3 Å². The van der Waals surface area contributed by atoms with Crippen LogP contribution in [0.5, 0.6) is 0 Å². The fourth-order valence-electron chi connectivity index (χ4n) is 2.34. The maximum absolute atomic E-state index is 13.9. The molecule has 0 amide bonds. The van der Waals surface area contributed by atoms with Crippen molar-refractivity contribution in [2.75, 3.05) is 0 Å². The van der Waals surface area contributed by atoms with Crippen LogP contribution in [0.1, 0.15) is 19.2 Å². The van der Waals surface area contributed by atoms with Crippen LogP contribution in [0.25, 0.3) is 22.2 Å². The number of fused-ring (bicyclic) bond motifs is 1. The van der Waals surface area contributed by atoms with Gasteiger partial charge in [-0.1, -0.05) is 37.3 Å². The first-order valence-electron chi connectivity index (χ1n) is 6.52. The van der Waals surface area contributed by atoms with Gasteiger partial charge < -0.3 is 4.98 Å². The molecule has 1 N–H and O–H groups in total. The molecule has 1 heterocycles. The van der Waals surface area contributed by atoms with Crippen LogP contribution in [-0.4, -0.2) is 9.97 Å². The zero-order valence-electron chi connectivity index (χ0n) is 10.8. The third-order valence-electron chi connectivity index (χ3n) is 3.21. The number of aromatic nitrogens is 2. The summed E-state index contributed by atoms with van der Waals surface area (Å²) in [5.41, 5.74) is 3.25. The SMILES string of the molecule is CCCc1nc2c(-c3ccccc3F)cccc2[nH]1. The highest BCUT2D eigenvalue weighted by Gasteiger charge is 2.11. The quantitative estimate of drug-likeness (QED) is 0.740. The van der Waals surface area contributed by atoms with Crippen LogP contribution >= 0.6 is 0 Å². The third-order valence-corrected chi connectivity index (χ3v) is 3.21. The van der Waals surface area contributed by atoms with E-state index in [2.05, 4.69) is 16.9 Å². The first-order valence-corrected chi connectivity index (χ1v) is 6.52. The summed E-state index contributed by atoms with van der Waals surface area (Å²) in [5, 5.41) is 0. The summed E-state index contributed by atoms with van der Waals surface area (Å²) in [4.78, 5) is 7.89. The van der Waals surface area contributed by atoms with Gasteiger partial charge in [-0.05, 0) is 18.6 Å². The van der Waals surface area contributed by atoms with E-state index in [1.54, 1.807) is 12.1 Å². The average Bonchev–Trinajstić information content (AvgIpc) is 2.82. The second kappa shape index (κ2) is 4.84. The highest BCUT2D eigenvalue weighted by Crippen LogP contribution is 2.29. The number of H-pyrrole nitrogens is 1. The third kappa shape index (κ3) is 2.12. The molecule has 0 aliphatic heterocycles. The highest BCUT2D eigenvalue weighted by molar-refractivity contribution is 5.92. The Hall–Kier alpha value is -2.16. The minimum atomic E-state index is -0.213. The molecule has 3 rings (SSSR count). The van der Waals surface area contributed by atoms with Crippen LogP contribution in [0.2, 0.25) is 0 Å². The fourth-order valence-corrected chi connectivity index (χ4v) is 2.34. The molecular formula is C16H15FN2. The lowest BCUT2D eigenvalue weighted by Crippen LogP contribution is -1.86. The van der Waals surface area contributed by atoms with E-state index < -0.39 is 0 Å². The minimum absolute atomic E-state index is 0.213. The molecule has 0 aliphatic rings. The molecular weight excluding hydrogens is 239 g/mol. The van der Waals surface area contributed by atoms with Gasteiger partial charge in [0.25, 0.3) is 0 Å². The highest BCUT2D eigenvalue weighted by atomic mass is 19.1. The summed E-state index contributed by atoms with van der Waals surface area (Å²) < 4.78 is 13.9. The summed E-state index contributed by atoms with van der Waals surface area (Å²) >= 11 is 0. The molecule has 19 heavy (non-hydrogen) atoms. The van der Waals surface area contributed by atoms with Gasteiger partial charge in [-0.25, -0.2) is 9.37 Å². The predicted octanol–water partition coefficient (Wildman–Crippen LogP) is 4.32. The number of nitrogens with one attached hydrogen (secondary N) is 1. The number of imidazole rings is 1. The van der Waals surface area contributed by atoms with Gasteiger partial charge in [0.05, 0.1) is 11.0 Å². The lowest BCUT2D eigenvalue weighted by atomic mass is 10.0. The summed E-state index contributed by atoms with van der Waals surface area (Å²) in [7, 11) is 0. The molecule has 0 bridgehead atoms. The molecule has 2 aromatic carbocycles. The standard InChI is InChI=1S/C16H15FN2/c1-2-6-15-18-14-10-5-8-12(16(14)19-15)11-7-3-4-9-13(11)17/h3-5,7-10H,2,6H2,1H3,(H,18,19). The van der Waals surface area contributed by atoms with Crippen LogP contribution in [0, 0.1) is 5.82 Å². The summed E-state index contributed by atoms with van der Waals surface area (Å²) in [5.74, 6) is 0.747. The molecule has 3 aromatic rings. The Balaban J connectivity index is 2.21. The second-order valence-corrected chi connectivity index (χ2v) is 4.62. The van der Waals surface area contributed by atoms with Gasteiger partial charge in [-0.2, -0.15) is 0 Å². The molecule has 0 saturated carbocycles. The zero-order valence-corrected chi connectivity index (χ0v) is 10.8. The van der Waals surface area contributed by atoms with Crippen LogP contribution in [0.15, 0.2) is 42.5 Å². The molecule has 0 aliphatic carbocycles. The Bertz CT molecular complexity index is 716. The van der Waals surface area contributed by atoms with Gasteiger partial charge in [-0.3, -0.25) is 0 Å². The van der Waals surface area contributed by atoms with Gasteiger partial charge in [0.15, 0.2) is 0 Å². The van der Waals surface area contributed by atoms with Gasteiger partial charge >= 0.3 is 0 Å². The van der Waals surface area contributed by atoms with Crippen molar-refractivity contribution in [2.24, 2.45) is 0 Å². The number of hydrogen-bond donors (Lipinski definition) is 1. The monoisotopic (exact) mass is 254 g/mol. The van der Waals surface area contributed by atoms with Gasteiger partial charge in [0.1, 0.15) is 11.6 Å². The summed E-state index contributed by atoms with van der Waals surface area (Å²) in [6.45, 7) is 2.12. The lowest BCUT2D eigenvalue weighted by Gasteiger charge is -2.03. The predicted molar refractivity (Wildman–Crippen MR) is 75.5 cm³/mol. The van der Waals surface area contributed by atoms with E-state index in [9.17, 15) is 4.39 Å². The Morgan fingerprint density at radius 2 is 1.84 bits per heavy atom. The Morgan fingerprint density at radius 3 is 2.63 bits per heavy atom. The Labute approximate surface area is 111 Å². The van der Waals surface area contributed by atoms with Crippen LogP contribution in [-0.2, 0) is 6.42 Å². The van der Waals surface area contributed by atoms with Crippen LogP contribution in [0.4, 0.5) is 4.39 Å². The van der Waals surface area contributed by atoms with E-state index in [-0.39, 0.29) is 5.82 Å².